The maximum absolute atomic E-state index is 12.3. The monoisotopic (exact) mass is 368 g/mol. The van der Waals surface area contributed by atoms with Gasteiger partial charge in [-0.15, -0.1) is 0 Å². The van der Waals surface area contributed by atoms with E-state index in [0.29, 0.717) is 29.7 Å². The van der Waals surface area contributed by atoms with E-state index < -0.39 is 18.6 Å². The molecule has 1 heterocycles. The molecule has 0 radical (unpaired) electrons. The number of amides is 1. The van der Waals surface area contributed by atoms with Gasteiger partial charge < -0.3 is 15.7 Å². The fraction of sp³-hybridized carbons (Fsp3) is 0.471. The molecule has 0 bridgehead atoms. The standard InChI is InChI=1S/C17H19F3N4O2/c18-17(19,20)9-22-15(26)13-3-1-2-10-8-21-16(24-14(10)13)23-11-4-6-12(25)7-5-11/h1-3,8,11-12,25H,4-7,9H2,(H,22,26)(H,21,23,24). The zero-order valence-corrected chi connectivity index (χ0v) is 13.9. The van der Waals surface area contributed by atoms with Gasteiger partial charge in [0.05, 0.1) is 17.2 Å². The number of halogens is 3. The zero-order valence-electron chi connectivity index (χ0n) is 13.9. The predicted molar refractivity (Wildman–Crippen MR) is 89.8 cm³/mol. The van der Waals surface area contributed by atoms with Crippen LogP contribution >= 0.6 is 0 Å². The summed E-state index contributed by atoms with van der Waals surface area (Å²) in [4.78, 5) is 20.7. The molecular weight excluding hydrogens is 349 g/mol. The lowest BCUT2D eigenvalue weighted by molar-refractivity contribution is -0.123. The van der Waals surface area contributed by atoms with Crippen molar-refractivity contribution < 1.29 is 23.1 Å². The normalized spacial score (nSPS) is 20.8. The Balaban J connectivity index is 1.80. The molecule has 1 saturated carbocycles. The summed E-state index contributed by atoms with van der Waals surface area (Å²) < 4.78 is 37.0. The first kappa shape index (κ1) is 18.4. The molecule has 0 atom stereocenters. The molecule has 1 aromatic carbocycles. The highest BCUT2D eigenvalue weighted by Gasteiger charge is 2.28. The highest BCUT2D eigenvalue weighted by Crippen LogP contribution is 2.23. The van der Waals surface area contributed by atoms with Gasteiger partial charge in [0.1, 0.15) is 6.54 Å². The van der Waals surface area contributed by atoms with Gasteiger partial charge in [-0.3, -0.25) is 4.79 Å². The number of nitrogens with one attached hydrogen (secondary N) is 2. The van der Waals surface area contributed by atoms with Gasteiger partial charge in [0.2, 0.25) is 5.95 Å². The Morgan fingerprint density at radius 2 is 1.96 bits per heavy atom. The van der Waals surface area contributed by atoms with Crippen molar-refractivity contribution in [3.05, 3.63) is 30.0 Å². The van der Waals surface area contributed by atoms with Crippen LogP contribution in [0.5, 0.6) is 0 Å². The van der Waals surface area contributed by atoms with Gasteiger partial charge in [0, 0.05) is 17.6 Å². The SMILES string of the molecule is O=C(NCC(F)(F)F)c1cccc2cnc(NC3CCC(O)CC3)nc12. The zero-order chi connectivity index (χ0) is 18.7. The number of carbonyl (C=O) groups is 1. The number of anilines is 1. The number of alkyl halides is 3. The smallest absolute Gasteiger partial charge is 0.393 e. The van der Waals surface area contributed by atoms with Crippen molar-refractivity contribution in [1.29, 1.82) is 0 Å². The third kappa shape index (κ3) is 4.60. The summed E-state index contributed by atoms with van der Waals surface area (Å²) in [6.07, 6.45) is -0.301. The molecule has 0 unspecified atom stereocenters. The van der Waals surface area contributed by atoms with E-state index >= 15 is 0 Å². The van der Waals surface area contributed by atoms with Crippen molar-refractivity contribution >= 4 is 22.8 Å². The number of para-hydroxylation sites is 1. The third-order valence-electron chi connectivity index (χ3n) is 4.33. The van der Waals surface area contributed by atoms with E-state index in [2.05, 4.69) is 15.3 Å². The summed E-state index contributed by atoms with van der Waals surface area (Å²) in [6, 6.07) is 4.81. The van der Waals surface area contributed by atoms with Crippen LogP contribution in [0.2, 0.25) is 0 Å². The molecule has 0 saturated heterocycles. The second-order valence-electron chi connectivity index (χ2n) is 6.38. The minimum atomic E-state index is -4.48. The van der Waals surface area contributed by atoms with Crippen molar-refractivity contribution in [3.8, 4) is 0 Å². The van der Waals surface area contributed by atoms with Crippen molar-refractivity contribution in [2.45, 2.75) is 44.0 Å². The Hall–Kier alpha value is -2.42. The Morgan fingerprint density at radius 1 is 1.23 bits per heavy atom. The quantitative estimate of drug-likeness (QED) is 0.772. The third-order valence-corrected chi connectivity index (χ3v) is 4.33. The highest BCUT2D eigenvalue weighted by atomic mass is 19.4. The van der Waals surface area contributed by atoms with E-state index in [4.69, 9.17) is 0 Å². The van der Waals surface area contributed by atoms with E-state index in [1.165, 1.54) is 12.3 Å². The van der Waals surface area contributed by atoms with Crippen molar-refractivity contribution in [2.24, 2.45) is 0 Å². The molecule has 9 heteroatoms. The van der Waals surface area contributed by atoms with Crippen LogP contribution in [0, 0.1) is 0 Å². The number of rotatable bonds is 4. The van der Waals surface area contributed by atoms with Crippen LogP contribution in [-0.4, -0.2) is 45.8 Å². The number of aliphatic hydroxyl groups is 1. The fourth-order valence-electron chi connectivity index (χ4n) is 2.99. The average molecular weight is 368 g/mol. The van der Waals surface area contributed by atoms with Gasteiger partial charge in [-0.1, -0.05) is 12.1 Å². The molecule has 0 aliphatic heterocycles. The molecule has 140 valence electrons. The summed E-state index contributed by atoms with van der Waals surface area (Å²) in [5, 5.41) is 15.2. The Kier molecular flexibility index (Phi) is 5.26. The number of aromatic nitrogens is 2. The van der Waals surface area contributed by atoms with Crippen LogP contribution in [0.25, 0.3) is 10.9 Å². The van der Waals surface area contributed by atoms with Gasteiger partial charge in [-0.05, 0) is 31.7 Å². The molecule has 3 rings (SSSR count). The lowest BCUT2D eigenvalue weighted by Crippen LogP contribution is -2.34. The van der Waals surface area contributed by atoms with Crippen LogP contribution in [-0.2, 0) is 0 Å². The van der Waals surface area contributed by atoms with Crippen LogP contribution < -0.4 is 10.6 Å². The number of nitrogens with zero attached hydrogens (tertiary/aromatic N) is 2. The topological polar surface area (TPSA) is 87.1 Å². The molecule has 1 aliphatic rings. The van der Waals surface area contributed by atoms with Gasteiger partial charge >= 0.3 is 6.18 Å². The molecule has 1 aromatic heterocycles. The molecule has 1 aliphatic carbocycles. The lowest BCUT2D eigenvalue weighted by atomic mass is 9.93. The average Bonchev–Trinajstić information content (AvgIpc) is 2.60. The number of fused-ring (bicyclic) bond motifs is 1. The maximum Gasteiger partial charge on any atom is 0.405 e. The van der Waals surface area contributed by atoms with Crippen LogP contribution in [0.4, 0.5) is 19.1 Å². The van der Waals surface area contributed by atoms with Crippen molar-refractivity contribution in [3.63, 3.8) is 0 Å². The van der Waals surface area contributed by atoms with Gasteiger partial charge in [-0.2, -0.15) is 13.2 Å². The van der Waals surface area contributed by atoms with E-state index in [1.807, 2.05) is 5.32 Å². The summed E-state index contributed by atoms with van der Waals surface area (Å²) in [5.74, 6) is -0.520. The number of hydrogen-bond acceptors (Lipinski definition) is 5. The van der Waals surface area contributed by atoms with Crippen molar-refractivity contribution in [2.75, 3.05) is 11.9 Å². The number of hydrogen-bond donors (Lipinski definition) is 3. The first-order chi connectivity index (χ1) is 12.3. The molecule has 1 fully saturated rings. The predicted octanol–water partition coefficient (Wildman–Crippen LogP) is 2.64. The van der Waals surface area contributed by atoms with E-state index in [1.54, 1.807) is 12.1 Å². The Morgan fingerprint density at radius 3 is 2.65 bits per heavy atom. The first-order valence-corrected chi connectivity index (χ1v) is 8.37. The van der Waals surface area contributed by atoms with Crippen LogP contribution in [0.15, 0.2) is 24.4 Å². The summed E-state index contributed by atoms with van der Waals surface area (Å²) in [6.45, 7) is -1.40. The molecule has 26 heavy (non-hydrogen) atoms. The highest BCUT2D eigenvalue weighted by molar-refractivity contribution is 6.05. The summed E-state index contributed by atoms with van der Waals surface area (Å²) in [5.41, 5.74) is 0.358. The van der Waals surface area contributed by atoms with Crippen LogP contribution in [0.1, 0.15) is 36.0 Å². The lowest BCUT2D eigenvalue weighted by Gasteiger charge is -2.26. The van der Waals surface area contributed by atoms with Gasteiger partial charge in [0.25, 0.3) is 5.91 Å². The Labute approximate surface area is 147 Å². The maximum atomic E-state index is 12.3. The second kappa shape index (κ2) is 7.45. The number of aliphatic hydroxyl groups excluding tert-OH is 1. The van der Waals surface area contributed by atoms with E-state index in [9.17, 15) is 23.1 Å². The molecular formula is C17H19F3N4O2. The second-order valence-corrected chi connectivity index (χ2v) is 6.38. The molecule has 0 spiro atoms. The molecule has 6 nitrogen and oxygen atoms in total. The largest absolute Gasteiger partial charge is 0.405 e. The fourth-order valence-corrected chi connectivity index (χ4v) is 2.99. The molecule has 2 aromatic rings. The van der Waals surface area contributed by atoms with Gasteiger partial charge in [-0.25, -0.2) is 9.97 Å². The summed E-state index contributed by atoms with van der Waals surface area (Å²) in [7, 11) is 0. The molecule has 3 N–H and O–H groups in total. The Bertz CT molecular complexity index is 789. The number of carbonyl (C=O) groups excluding carboxylic acids is 1. The first-order valence-electron chi connectivity index (χ1n) is 8.37. The summed E-state index contributed by atoms with van der Waals surface area (Å²) >= 11 is 0. The number of benzene rings is 1. The van der Waals surface area contributed by atoms with Gasteiger partial charge in [0.15, 0.2) is 0 Å². The van der Waals surface area contributed by atoms with Crippen molar-refractivity contribution in [1.82, 2.24) is 15.3 Å². The van der Waals surface area contributed by atoms with E-state index in [0.717, 1.165) is 12.8 Å². The van der Waals surface area contributed by atoms with E-state index in [-0.39, 0.29) is 17.7 Å². The van der Waals surface area contributed by atoms with Crippen LogP contribution in [0.3, 0.4) is 0 Å². The molecule has 1 amide bonds. The minimum absolute atomic E-state index is 0.0660. The minimum Gasteiger partial charge on any atom is -0.393 e.